The van der Waals surface area contributed by atoms with Crippen molar-refractivity contribution in [2.75, 3.05) is 6.54 Å². The molecular formula is C13H19N3O3S. The van der Waals surface area contributed by atoms with Crippen molar-refractivity contribution in [2.45, 2.75) is 36.6 Å². The van der Waals surface area contributed by atoms with Gasteiger partial charge in [-0.2, -0.15) is 0 Å². The van der Waals surface area contributed by atoms with Crippen LogP contribution in [0.15, 0.2) is 35.2 Å². The highest BCUT2D eigenvalue weighted by Gasteiger charge is 2.21. The molecule has 0 saturated carbocycles. The zero-order valence-corrected chi connectivity index (χ0v) is 11.9. The van der Waals surface area contributed by atoms with Crippen LogP contribution in [0.25, 0.3) is 0 Å². The number of rotatable bonds is 4. The summed E-state index contributed by atoms with van der Waals surface area (Å²) in [6.45, 7) is 0.781. The fourth-order valence-electron chi connectivity index (χ4n) is 2.12. The second-order valence-corrected chi connectivity index (χ2v) is 6.45. The highest BCUT2D eigenvalue weighted by Crippen LogP contribution is 2.09. The van der Waals surface area contributed by atoms with E-state index < -0.39 is 10.0 Å². The standard InChI is InChI=1S/C13H19N3O3S/c17-13(12-9-5-2-6-10-14-12)15-16-20(18,19)11-7-3-1-4-8-11/h1,3-4,7-8,12,14,16H,2,5-6,9-10H2,(H,15,17). The van der Waals surface area contributed by atoms with Gasteiger partial charge in [-0.3, -0.25) is 10.2 Å². The third-order valence-corrected chi connectivity index (χ3v) is 4.50. The average molecular weight is 297 g/mol. The molecule has 0 bridgehead atoms. The lowest BCUT2D eigenvalue weighted by molar-refractivity contribution is -0.123. The summed E-state index contributed by atoms with van der Waals surface area (Å²) in [5.74, 6) is -0.341. The number of nitrogens with one attached hydrogen (secondary N) is 3. The largest absolute Gasteiger partial charge is 0.306 e. The first-order chi connectivity index (χ1) is 9.59. The summed E-state index contributed by atoms with van der Waals surface area (Å²) in [6.07, 6.45) is 3.82. The van der Waals surface area contributed by atoms with Gasteiger partial charge in [0.05, 0.1) is 10.9 Å². The number of amides is 1. The van der Waals surface area contributed by atoms with E-state index in [2.05, 4.69) is 15.6 Å². The zero-order valence-electron chi connectivity index (χ0n) is 11.1. The topological polar surface area (TPSA) is 87.3 Å². The molecule has 7 heteroatoms. The van der Waals surface area contributed by atoms with Crippen LogP contribution in [-0.4, -0.2) is 26.9 Å². The van der Waals surface area contributed by atoms with Crippen molar-refractivity contribution in [1.29, 1.82) is 0 Å². The Morgan fingerprint density at radius 1 is 1.15 bits per heavy atom. The molecule has 1 aromatic rings. The molecule has 1 heterocycles. The van der Waals surface area contributed by atoms with Gasteiger partial charge < -0.3 is 5.32 Å². The van der Waals surface area contributed by atoms with Gasteiger partial charge in [-0.1, -0.05) is 31.0 Å². The van der Waals surface area contributed by atoms with E-state index >= 15 is 0 Å². The van der Waals surface area contributed by atoms with Gasteiger partial charge in [-0.25, -0.2) is 8.42 Å². The SMILES string of the molecule is O=C(NNS(=O)(=O)c1ccccc1)C1CCCCCN1. The van der Waals surface area contributed by atoms with E-state index in [1.807, 2.05) is 0 Å². The van der Waals surface area contributed by atoms with Crippen LogP contribution >= 0.6 is 0 Å². The van der Waals surface area contributed by atoms with E-state index in [1.54, 1.807) is 18.2 Å². The molecule has 110 valence electrons. The predicted molar refractivity (Wildman–Crippen MR) is 75.2 cm³/mol. The van der Waals surface area contributed by atoms with Gasteiger partial charge in [0.15, 0.2) is 0 Å². The molecule has 1 aliphatic heterocycles. The predicted octanol–water partition coefficient (Wildman–Crippen LogP) is 0.528. The number of benzene rings is 1. The van der Waals surface area contributed by atoms with Crippen LogP contribution in [0, 0.1) is 0 Å². The van der Waals surface area contributed by atoms with E-state index in [4.69, 9.17) is 0 Å². The maximum absolute atomic E-state index is 11.9. The Bertz CT molecular complexity index is 537. The second kappa shape index (κ2) is 6.83. The van der Waals surface area contributed by atoms with E-state index in [0.29, 0.717) is 0 Å². The van der Waals surface area contributed by atoms with Crippen molar-refractivity contribution in [1.82, 2.24) is 15.6 Å². The highest BCUT2D eigenvalue weighted by molar-refractivity contribution is 7.89. The fourth-order valence-corrected chi connectivity index (χ4v) is 2.98. The average Bonchev–Trinajstić information content (AvgIpc) is 2.75. The minimum absolute atomic E-state index is 0.120. The van der Waals surface area contributed by atoms with Crippen molar-refractivity contribution in [3.8, 4) is 0 Å². The smallest absolute Gasteiger partial charge is 0.257 e. The van der Waals surface area contributed by atoms with E-state index in [-0.39, 0.29) is 16.8 Å². The van der Waals surface area contributed by atoms with Gasteiger partial charge in [0, 0.05) is 0 Å². The molecule has 0 radical (unpaired) electrons. The van der Waals surface area contributed by atoms with Crippen LogP contribution in [0.3, 0.4) is 0 Å². The quantitative estimate of drug-likeness (QED) is 0.707. The van der Waals surface area contributed by atoms with Crippen LogP contribution in [0.1, 0.15) is 25.7 Å². The van der Waals surface area contributed by atoms with Crippen LogP contribution in [-0.2, 0) is 14.8 Å². The van der Waals surface area contributed by atoms with Gasteiger partial charge >= 0.3 is 0 Å². The lowest BCUT2D eigenvalue weighted by Gasteiger charge is -2.16. The Morgan fingerprint density at radius 3 is 2.65 bits per heavy atom. The molecule has 0 spiro atoms. The maximum Gasteiger partial charge on any atom is 0.257 e. The Labute approximate surface area is 119 Å². The van der Waals surface area contributed by atoms with E-state index in [9.17, 15) is 13.2 Å². The van der Waals surface area contributed by atoms with Crippen molar-refractivity contribution < 1.29 is 13.2 Å². The number of sulfonamides is 1. The molecule has 3 N–H and O–H groups in total. The van der Waals surface area contributed by atoms with Gasteiger partial charge in [0.2, 0.25) is 0 Å². The summed E-state index contributed by atoms with van der Waals surface area (Å²) in [7, 11) is -3.71. The molecule has 1 fully saturated rings. The van der Waals surface area contributed by atoms with Gasteiger partial charge in [-0.05, 0) is 31.5 Å². The summed E-state index contributed by atoms with van der Waals surface area (Å²) >= 11 is 0. The first kappa shape index (κ1) is 15.0. The lowest BCUT2D eigenvalue weighted by Crippen LogP contribution is -2.50. The van der Waals surface area contributed by atoms with Crippen LogP contribution in [0.2, 0.25) is 0 Å². The maximum atomic E-state index is 11.9. The summed E-state index contributed by atoms with van der Waals surface area (Å²) < 4.78 is 23.9. The highest BCUT2D eigenvalue weighted by atomic mass is 32.2. The molecule has 1 atom stereocenters. The first-order valence-electron chi connectivity index (χ1n) is 6.70. The molecule has 20 heavy (non-hydrogen) atoms. The molecule has 0 aromatic heterocycles. The number of hydrogen-bond acceptors (Lipinski definition) is 4. The Hall–Kier alpha value is -1.44. The van der Waals surface area contributed by atoms with Crippen LogP contribution in [0.5, 0.6) is 0 Å². The molecule has 1 saturated heterocycles. The number of hydrogen-bond donors (Lipinski definition) is 3. The first-order valence-corrected chi connectivity index (χ1v) is 8.18. The number of hydrazine groups is 1. The lowest BCUT2D eigenvalue weighted by atomic mass is 10.1. The van der Waals surface area contributed by atoms with Crippen LogP contribution in [0.4, 0.5) is 0 Å². The zero-order chi connectivity index (χ0) is 14.4. The minimum Gasteiger partial charge on any atom is -0.306 e. The molecule has 2 rings (SSSR count). The number of carbonyl (C=O) groups excluding carboxylic acids is 1. The number of carbonyl (C=O) groups is 1. The second-order valence-electron chi connectivity index (χ2n) is 4.76. The molecule has 6 nitrogen and oxygen atoms in total. The monoisotopic (exact) mass is 297 g/mol. The van der Waals surface area contributed by atoms with Crippen molar-refractivity contribution in [3.05, 3.63) is 30.3 Å². The summed E-state index contributed by atoms with van der Waals surface area (Å²) in [6, 6.07) is 7.59. The fraction of sp³-hybridized carbons (Fsp3) is 0.462. The third-order valence-electron chi connectivity index (χ3n) is 3.24. The summed E-state index contributed by atoms with van der Waals surface area (Å²) in [5, 5.41) is 3.11. The third kappa shape index (κ3) is 4.03. The Morgan fingerprint density at radius 2 is 1.90 bits per heavy atom. The van der Waals surface area contributed by atoms with E-state index in [0.717, 1.165) is 32.2 Å². The normalized spacial score (nSPS) is 20.1. The van der Waals surface area contributed by atoms with Gasteiger partial charge in [0.25, 0.3) is 15.9 Å². The van der Waals surface area contributed by atoms with Crippen molar-refractivity contribution in [3.63, 3.8) is 0 Å². The van der Waals surface area contributed by atoms with Crippen LogP contribution < -0.4 is 15.6 Å². The molecular weight excluding hydrogens is 278 g/mol. The molecule has 1 amide bonds. The van der Waals surface area contributed by atoms with E-state index in [1.165, 1.54) is 12.1 Å². The molecule has 1 unspecified atom stereocenters. The Balaban J connectivity index is 1.92. The Kier molecular flexibility index (Phi) is 5.11. The summed E-state index contributed by atoms with van der Waals surface area (Å²) in [4.78, 5) is 14.2. The van der Waals surface area contributed by atoms with Gasteiger partial charge in [0.1, 0.15) is 0 Å². The molecule has 1 aromatic carbocycles. The summed E-state index contributed by atoms with van der Waals surface area (Å²) in [5.41, 5.74) is 2.28. The molecule has 1 aliphatic rings. The van der Waals surface area contributed by atoms with Crippen molar-refractivity contribution >= 4 is 15.9 Å². The van der Waals surface area contributed by atoms with Crippen molar-refractivity contribution in [2.24, 2.45) is 0 Å². The minimum atomic E-state index is -3.71. The molecule has 0 aliphatic carbocycles. The van der Waals surface area contributed by atoms with Gasteiger partial charge in [-0.15, -0.1) is 4.83 Å².